The van der Waals surface area contributed by atoms with E-state index in [1.807, 2.05) is 0 Å². The van der Waals surface area contributed by atoms with Crippen molar-refractivity contribution in [3.63, 3.8) is 0 Å². The molecule has 114 valence electrons. The summed E-state index contributed by atoms with van der Waals surface area (Å²) >= 11 is 0. The van der Waals surface area contributed by atoms with E-state index in [1.165, 1.54) is 16.7 Å². The Morgan fingerprint density at radius 2 is 2.05 bits per heavy atom. The van der Waals surface area contributed by atoms with E-state index in [4.69, 9.17) is 10.5 Å². The fourth-order valence-electron chi connectivity index (χ4n) is 1.88. The van der Waals surface area contributed by atoms with Gasteiger partial charge in [-0.2, -0.15) is 5.10 Å². The van der Waals surface area contributed by atoms with Crippen LogP contribution in [0.5, 0.6) is 5.75 Å². The van der Waals surface area contributed by atoms with Crippen LogP contribution in [-0.4, -0.2) is 38.8 Å². The fraction of sp³-hybridized carbons (Fsp3) is 0.308. The molecule has 0 atom stereocenters. The minimum Gasteiger partial charge on any atom is -0.497 e. The molecular formula is C13H18N4O3S. The molecule has 0 unspecified atom stereocenters. The smallest absolute Gasteiger partial charge is 0.267 e. The number of aromatic nitrogens is 2. The summed E-state index contributed by atoms with van der Waals surface area (Å²) in [6.45, 7) is 0.712. The first kappa shape index (κ1) is 15.3. The Morgan fingerprint density at radius 3 is 2.57 bits per heavy atom. The van der Waals surface area contributed by atoms with Gasteiger partial charge in [0.25, 0.3) is 10.0 Å². The molecule has 21 heavy (non-hydrogen) atoms. The zero-order valence-corrected chi connectivity index (χ0v) is 12.5. The lowest BCUT2D eigenvalue weighted by molar-refractivity contribution is 0.415. The molecule has 1 aromatic heterocycles. The van der Waals surface area contributed by atoms with Crippen molar-refractivity contribution in [2.24, 2.45) is 5.73 Å². The van der Waals surface area contributed by atoms with Crippen LogP contribution in [0.4, 0.5) is 5.69 Å². The quantitative estimate of drug-likeness (QED) is 0.793. The van der Waals surface area contributed by atoms with Gasteiger partial charge in [0.2, 0.25) is 0 Å². The highest BCUT2D eigenvalue weighted by molar-refractivity contribution is 7.92. The summed E-state index contributed by atoms with van der Waals surface area (Å²) in [5, 5.41) is 6.21. The molecule has 0 saturated heterocycles. The molecule has 1 heterocycles. The Kier molecular flexibility index (Phi) is 4.81. The molecule has 3 N–H and O–H groups in total. The molecule has 1 aromatic carbocycles. The molecule has 0 radical (unpaired) electrons. The van der Waals surface area contributed by atoms with Crippen LogP contribution in [0, 0.1) is 0 Å². The molecule has 0 aliphatic rings. The van der Waals surface area contributed by atoms with Gasteiger partial charge in [0.05, 0.1) is 19.0 Å². The van der Waals surface area contributed by atoms with Crippen LogP contribution in [0.1, 0.15) is 6.42 Å². The number of anilines is 1. The molecule has 7 nitrogen and oxygen atoms in total. The summed E-state index contributed by atoms with van der Waals surface area (Å²) in [5.74, 6) is 0.665. The molecule has 0 fully saturated rings. The molecule has 0 saturated carbocycles. The van der Waals surface area contributed by atoms with Crippen LogP contribution in [0.15, 0.2) is 41.6 Å². The van der Waals surface area contributed by atoms with Gasteiger partial charge in [-0.05, 0) is 37.2 Å². The lowest BCUT2D eigenvalue weighted by atomic mass is 10.3. The number of H-pyrrole nitrogens is 1. The van der Waals surface area contributed by atoms with E-state index in [0.29, 0.717) is 30.9 Å². The van der Waals surface area contributed by atoms with E-state index in [1.54, 1.807) is 31.4 Å². The van der Waals surface area contributed by atoms with E-state index < -0.39 is 10.0 Å². The lowest BCUT2D eigenvalue weighted by Gasteiger charge is -2.23. The van der Waals surface area contributed by atoms with Gasteiger partial charge >= 0.3 is 0 Å². The predicted octanol–water partition coefficient (Wildman–Crippen LogP) is 0.962. The number of nitrogens with two attached hydrogens (primary N) is 1. The third kappa shape index (κ3) is 3.34. The van der Waals surface area contributed by atoms with E-state index in [9.17, 15) is 8.42 Å². The minimum absolute atomic E-state index is 0.121. The fourth-order valence-corrected chi connectivity index (χ4v) is 3.29. The molecular weight excluding hydrogens is 292 g/mol. The number of benzene rings is 1. The third-order valence-corrected chi connectivity index (χ3v) is 4.78. The van der Waals surface area contributed by atoms with Crippen LogP contribution in [-0.2, 0) is 10.0 Å². The summed E-state index contributed by atoms with van der Waals surface area (Å²) in [5.41, 5.74) is 6.06. The normalized spacial score (nSPS) is 11.3. The van der Waals surface area contributed by atoms with Gasteiger partial charge in [-0.1, -0.05) is 0 Å². The maximum atomic E-state index is 12.6. The maximum Gasteiger partial charge on any atom is 0.267 e. The first-order valence-corrected chi connectivity index (χ1v) is 7.89. The number of ether oxygens (including phenoxy) is 1. The largest absolute Gasteiger partial charge is 0.497 e. The van der Waals surface area contributed by atoms with Crippen molar-refractivity contribution >= 4 is 15.7 Å². The molecule has 0 aliphatic heterocycles. The van der Waals surface area contributed by atoms with Gasteiger partial charge in [0, 0.05) is 12.7 Å². The minimum atomic E-state index is -3.66. The number of aromatic amines is 1. The van der Waals surface area contributed by atoms with Crippen molar-refractivity contribution in [3.05, 3.63) is 36.7 Å². The number of rotatable bonds is 7. The average molecular weight is 310 g/mol. The van der Waals surface area contributed by atoms with Crippen LogP contribution in [0.25, 0.3) is 0 Å². The van der Waals surface area contributed by atoms with Crippen LogP contribution in [0.3, 0.4) is 0 Å². The van der Waals surface area contributed by atoms with Crippen molar-refractivity contribution in [3.8, 4) is 5.75 Å². The van der Waals surface area contributed by atoms with Gasteiger partial charge < -0.3 is 10.5 Å². The molecule has 2 aromatic rings. The highest BCUT2D eigenvalue weighted by atomic mass is 32.2. The first-order chi connectivity index (χ1) is 10.1. The Morgan fingerprint density at radius 1 is 1.33 bits per heavy atom. The highest BCUT2D eigenvalue weighted by Gasteiger charge is 2.25. The van der Waals surface area contributed by atoms with E-state index in [2.05, 4.69) is 10.2 Å². The molecule has 0 bridgehead atoms. The Balaban J connectivity index is 2.37. The summed E-state index contributed by atoms with van der Waals surface area (Å²) in [4.78, 5) is 0.121. The zero-order chi connectivity index (χ0) is 15.3. The summed E-state index contributed by atoms with van der Waals surface area (Å²) in [7, 11) is -2.10. The van der Waals surface area contributed by atoms with Crippen LogP contribution in [0.2, 0.25) is 0 Å². The first-order valence-electron chi connectivity index (χ1n) is 6.45. The number of hydrogen-bond acceptors (Lipinski definition) is 5. The standard InChI is InChI=1S/C13H18N4O3S/c1-20-12-5-3-11(4-6-12)17(8-2-7-14)21(18,19)13-9-15-16-10-13/h3-6,9-10H,2,7-8,14H2,1H3,(H,15,16). The van der Waals surface area contributed by atoms with E-state index >= 15 is 0 Å². The average Bonchev–Trinajstić information content (AvgIpc) is 3.03. The van der Waals surface area contributed by atoms with E-state index in [0.717, 1.165) is 0 Å². The number of sulfonamides is 1. The monoisotopic (exact) mass is 310 g/mol. The van der Waals surface area contributed by atoms with Crippen molar-refractivity contribution in [1.82, 2.24) is 10.2 Å². The van der Waals surface area contributed by atoms with Crippen molar-refractivity contribution in [1.29, 1.82) is 0 Å². The Labute approximate surface area is 123 Å². The third-order valence-electron chi connectivity index (χ3n) is 2.99. The second-order valence-electron chi connectivity index (χ2n) is 4.35. The van der Waals surface area contributed by atoms with Crippen molar-refractivity contribution in [2.45, 2.75) is 11.3 Å². The topological polar surface area (TPSA) is 101 Å². The number of hydrogen-bond donors (Lipinski definition) is 2. The SMILES string of the molecule is COc1ccc(N(CCCN)S(=O)(=O)c2cn[nH]c2)cc1. The Bertz CT molecular complexity index is 653. The summed E-state index contributed by atoms with van der Waals surface area (Å²) < 4.78 is 31.7. The van der Waals surface area contributed by atoms with Crippen LogP contribution < -0.4 is 14.8 Å². The summed E-state index contributed by atoms with van der Waals surface area (Å²) in [6.07, 6.45) is 3.20. The molecule has 8 heteroatoms. The number of nitrogens with zero attached hydrogens (tertiary/aromatic N) is 2. The molecule has 2 rings (SSSR count). The number of nitrogens with one attached hydrogen (secondary N) is 1. The molecule has 0 spiro atoms. The summed E-state index contributed by atoms with van der Waals surface area (Å²) in [6, 6.07) is 6.84. The van der Waals surface area contributed by atoms with Gasteiger partial charge in [-0.25, -0.2) is 8.42 Å². The van der Waals surface area contributed by atoms with Crippen molar-refractivity contribution < 1.29 is 13.2 Å². The second-order valence-corrected chi connectivity index (χ2v) is 6.21. The highest BCUT2D eigenvalue weighted by Crippen LogP contribution is 2.25. The van der Waals surface area contributed by atoms with Crippen LogP contribution >= 0.6 is 0 Å². The maximum absolute atomic E-state index is 12.6. The van der Waals surface area contributed by atoms with Gasteiger partial charge in [0.15, 0.2) is 0 Å². The van der Waals surface area contributed by atoms with Crippen molar-refractivity contribution in [2.75, 3.05) is 24.5 Å². The zero-order valence-electron chi connectivity index (χ0n) is 11.7. The second kappa shape index (κ2) is 6.59. The molecule has 0 aliphatic carbocycles. The Hall–Kier alpha value is -2.06. The van der Waals surface area contributed by atoms with Gasteiger partial charge in [-0.3, -0.25) is 9.40 Å². The number of methoxy groups -OCH3 is 1. The predicted molar refractivity (Wildman–Crippen MR) is 79.8 cm³/mol. The van der Waals surface area contributed by atoms with Gasteiger partial charge in [-0.15, -0.1) is 0 Å². The lowest BCUT2D eigenvalue weighted by Crippen LogP contribution is -2.32. The van der Waals surface area contributed by atoms with Gasteiger partial charge in [0.1, 0.15) is 10.6 Å². The van der Waals surface area contributed by atoms with E-state index in [-0.39, 0.29) is 4.90 Å². The molecule has 0 amide bonds.